The third-order valence-electron chi connectivity index (χ3n) is 2.97. The van der Waals surface area contributed by atoms with Crippen LogP contribution in [0.1, 0.15) is 17.4 Å². The molecule has 0 radical (unpaired) electrons. The first kappa shape index (κ1) is 17.5. The highest BCUT2D eigenvalue weighted by Crippen LogP contribution is 2.24. The zero-order chi connectivity index (χ0) is 17.9. The van der Waals surface area contributed by atoms with E-state index in [0.29, 0.717) is 0 Å². The molecule has 10 heteroatoms. The normalized spacial score (nSPS) is 11.8. The smallest absolute Gasteiger partial charge is 0.326 e. The van der Waals surface area contributed by atoms with Gasteiger partial charge in [-0.05, 0) is 19.1 Å². The second-order valence-corrected chi connectivity index (χ2v) is 5.36. The quantitative estimate of drug-likeness (QED) is 0.624. The van der Waals surface area contributed by atoms with Crippen LogP contribution in [-0.4, -0.2) is 28.5 Å². The van der Waals surface area contributed by atoms with Gasteiger partial charge in [-0.1, -0.05) is 11.6 Å². The summed E-state index contributed by atoms with van der Waals surface area (Å²) < 4.78 is 18.5. The van der Waals surface area contributed by atoms with Gasteiger partial charge >= 0.3 is 5.69 Å². The molecular formula is C14H14ClFN4O4. The zero-order valence-corrected chi connectivity index (χ0v) is 13.2. The van der Waals surface area contributed by atoms with Gasteiger partial charge in [-0.15, -0.1) is 0 Å². The maximum Gasteiger partial charge on any atom is 0.326 e. The summed E-state index contributed by atoms with van der Waals surface area (Å²) in [6.07, 6.45) is 0. The van der Waals surface area contributed by atoms with E-state index in [4.69, 9.17) is 22.1 Å². The molecule has 0 spiro atoms. The van der Waals surface area contributed by atoms with Crippen LogP contribution in [0.3, 0.4) is 0 Å². The van der Waals surface area contributed by atoms with Crippen molar-refractivity contribution in [3.8, 4) is 5.75 Å². The molecule has 8 nitrogen and oxygen atoms in total. The van der Waals surface area contributed by atoms with Crippen LogP contribution in [-0.2, 0) is 0 Å². The lowest BCUT2D eigenvalue weighted by molar-refractivity contribution is 0.0922. The molecule has 2 aromatic rings. The van der Waals surface area contributed by atoms with Crippen molar-refractivity contribution in [1.29, 1.82) is 0 Å². The summed E-state index contributed by atoms with van der Waals surface area (Å²) in [5.41, 5.74) is 2.99. The first-order valence-electron chi connectivity index (χ1n) is 6.78. The second-order valence-electron chi connectivity index (χ2n) is 4.96. The van der Waals surface area contributed by atoms with Gasteiger partial charge in [0.1, 0.15) is 29.6 Å². The molecule has 24 heavy (non-hydrogen) atoms. The van der Waals surface area contributed by atoms with E-state index in [-0.39, 0.29) is 23.1 Å². The van der Waals surface area contributed by atoms with Gasteiger partial charge in [-0.3, -0.25) is 14.6 Å². The maximum atomic E-state index is 13.1. The highest BCUT2D eigenvalue weighted by Gasteiger charge is 2.17. The molecule has 1 heterocycles. The van der Waals surface area contributed by atoms with E-state index in [9.17, 15) is 18.8 Å². The molecule has 0 saturated heterocycles. The number of halogens is 2. The van der Waals surface area contributed by atoms with Gasteiger partial charge in [0.05, 0.1) is 11.1 Å². The number of nitrogens with two attached hydrogens (primary N) is 1. The number of nitrogen functional groups attached to an aromatic ring is 1. The molecule has 1 amide bonds. The third-order valence-corrected chi connectivity index (χ3v) is 3.28. The molecule has 0 bridgehead atoms. The van der Waals surface area contributed by atoms with Crippen molar-refractivity contribution in [2.24, 2.45) is 0 Å². The molecule has 1 unspecified atom stereocenters. The molecule has 128 valence electrons. The van der Waals surface area contributed by atoms with Gasteiger partial charge in [0.2, 0.25) is 0 Å². The average Bonchev–Trinajstić information content (AvgIpc) is 2.51. The highest BCUT2D eigenvalue weighted by atomic mass is 35.5. The Balaban J connectivity index is 2.03. The summed E-state index contributed by atoms with van der Waals surface area (Å²) in [6, 6.07) is 3.10. The third kappa shape index (κ3) is 4.13. The first-order valence-corrected chi connectivity index (χ1v) is 7.16. The molecule has 1 aromatic heterocycles. The maximum absolute atomic E-state index is 13.1. The van der Waals surface area contributed by atoms with Crippen molar-refractivity contribution in [2.45, 2.75) is 13.0 Å². The number of aromatic amines is 2. The fraction of sp³-hybridized carbons (Fsp3) is 0.214. The second kappa shape index (κ2) is 7.18. The number of amides is 1. The van der Waals surface area contributed by atoms with E-state index < -0.39 is 34.7 Å². The fourth-order valence-corrected chi connectivity index (χ4v) is 1.99. The summed E-state index contributed by atoms with van der Waals surface area (Å²) >= 11 is 5.86. The van der Waals surface area contributed by atoms with Crippen LogP contribution < -0.4 is 27.0 Å². The molecule has 0 aliphatic carbocycles. The summed E-state index contributed by atoms with van der Waals surface area (Å²) in [4.78, 5) is 38.7. The summed E-state index contributed by atoms with van der Waals surface area (Å²) in [7, 11) is 0. The van der Waals surface area contributed by atoms with E-state index in [1.54, 1.807) is 6.92 Å². The minimum atomic E-state index is -0.862. The van der Waals surface area contributed by atoms with E-state index in [1.807, 2.05) is 4.98 Å². The fourth-order valence-electron chi connectivity index (χ4n) is 1.82. The number of aromatic nitrogens is 2. The topological polar surface area (TPSA) is 130 Å². The molecule has 0 saturated carbocycles. The number of nitrogens with one attached hydrogen (secondary N) is 3. The van der Waals surface area contributed by atoms with Gasteiger partial charge in [-0.25, -0.2) is 9.18 Å². The number of rotatable bonds is 5. The van der Waals surface area contributed by atoms with Crippen molar-refractivity contribution in [3.05, 3.63) is 55.6 Å². The Morgan fingerprint density at radius 3 is 2.83 bits per heavy atom. The number of anilines is 1. The standard InChI is InChI=1S/C14H14ClFN4O4/c1-6(5-24-9-4-7(16)2-3-8(9)15)18-13(22)11-10(17)12(21)20-14(23)19-11/h2-4,6H,5,17H2,1H3,(H,18,22)(H2,19,20,21,23). The Morgan fingerprint density at radius 2 is 2.12 bits per heavy atom. The number of ether oxygens (including phenoxy) is 1. The molecule has 2 rings (SSSR count). The summed E-state index contributed by atoms with van der Waals surface area (Å²) in [5.74, 6) is -1.14. The summed E-state index contributed by atoms with van der Waals surface area (Å²) in [6.45, 7) is 1.58. The molecule has 0 fully saturated rings. The highest BCUT2D eigenvalue weighted by molar-refractivity contribution is 6.32. The van der Waals surface area contributed by atoms with E-state index in [0.717, 1.165) is 6.07 Å². The number of benzene rings is 1. The predicted octanol–water partition coefficient (Wildman–Crippen LogP) is 0.635. The van der Waals surface area contributed by atoms with Gasteiger partial charge < -0.3 is 20.8 Å². The first-order chi connectivity index (χ1) is 11.3. The van der Waals surface area contributed by atoms with E-state index in [2.05, 4.69) is 10.3 Å². The van der Waals surface area contributed by atoms with Crippen LogP contribution in [0.25, 0.3) is 0 Å². The number of carbonyl (C=O) groups excluding carboxylic acids is 1. The summed E-state index contributed by atoms with van der Waals surface area (Å²) in [5, 5.41) is 2.71. The molecule has 1 atom stereocenters. The Labute approximate surface area is 139 Å². The van der Waals surface area contributed by atoms with Gasteiger partial charge in [-0.2, -0.15) is 0 Å². The number of H-pyrrole nitrogens is 2. The van der Waals surface area contributed by atoms with Crippen molar-refractivity contribution in [2.75, 3.05) is 12.3 Å². The van der Waals surface area contributed by atoms with E-state index >= 15 is 0 Å². The Bertz CT molecular complexity index is 880. The minimum absolute atomic E-state index is 0.0256. The van der Waals surface area contributed by atoms with Gasteiger partial charge in [0, 0.05) is 6.07 Å². The van der Waals surface area contributed by atoms with Gasteiger partial charge in [0.15, 0.2) is 0 Å². The minimum Gasteiger partial charge on any atom is -0.490 e. The molecule has 0 aliphatic heterocycles. The van der Waals surface area contributed by atoms with Crippen LogP contribution in [0.2, 0.25) is 5.02 Å². The lowest BCUT2D eigenvalue weighted by Crippen LogP contribution is -2.40. The Morgan fingerprint density at radius 1 is 1.42 bits per heavy atom. The predicted molar refractivity (Wildman–Crippen MR) is 85.9 cm³/mol. The van der Waals surface area contributed by atoms with Crippen molar-refractivity contribution in [1.82, 2.24) is 15.3 Å². The Kier molecular flexibility index (Phi) is 5.24. The van der Waals surface area contributed by atoms with Crippen molar-refractivity contribution >= 4 is 23.2 Å². The lowest BCUT2D eigenvalue weighted by atomic mass is 10.3. The average molecular weight is 357 g/mol. The van der Waals surface area contributed by atoms with Crippen LogP contribution in [0.4, 0.5) is 10.1 Å². The lowest BCUT2D eigenvalue weighted by Gasteiger charge is -2.16. The largest absolute Gasteiger partial charge is 0.490 e. The van der Waals surface area contributed by atoms with Gasteiger partial charge in [0.25, 0.3) is 11.5 Å². The van der Waals surface area contributed by atoms with Crippen molar-refractivity contribution < 1.29 is 13.9 Å². The van der Waals surface area contributed by atoms with Crippen LogP contribution in [0.15, 0.2) is 27.8 Å². The molecular weight excluding hydrogens is 343 g/mol. The number of carbonyl (C=O) groups is 1. The Hall–Kier alpha value is -2.81. The zero-order valence-electron chi connectivity index (χ0n) is 12.5. The molecule has 1 aromatic carbocycles. The number of hydrogen-bond acceptors (Lipinski definition) is 5. The molecule has 0 aliphatic rings. The number of hydrogen-bond donors (Lipinski definition) is 4. The van der Waals surface area contributed by atoms with E-state index in [1.165, 1.54) is 12.1 Å². The van der Waals surface area contributed by atoms with Crippen LogP contribution in [0.5, 0.6) is 5.75 Å². The van der Waals surface area contributed by atoms with Crippen LogP contribution in [0, 0.1) is 5.82 Å². The van der Waals surface area contributed by atoms with Crippen molar-refractivity contribution in [3.63, 3.8) is 0 Å². The monoisotopic (exact) mass is 356 g/mol. The van der Waals surface area contributed by atoms with Crippen LogP contribution >= 0.6 is 11.6 Å². The molecule has 5 N–H and O–H groups in total. The SMILES string of the molecule is CC(COc1cc(F)ccc1Cl)NC(=O)c1[nH]c(=O)[nH]c(=O)c1N.